The zero-order valence-electron chi connectivity index (χ0n) is 12.0. The summed E-state index contributed by atoms with van der Waals surface area (Å²) in [5, 5.41) is 18.8. The molecule has 0 bridgehead atoms. The molecule has 0 saturated heterocycles. The van der Waals surface area contributed by atoms with Gasteiger partial charge in [-0.2, -0.15) is 5.26 Å². The van der Waals surface area contributed by atoms with Crippen molar-refractivity contribution in [3.63, 3.8) is 0 Å². The first-order chi connectivity index (χ1) is 10.7. The van der Waals surface area contributed by atoms with E-state index >= 15 is 0 Å². The van der Waals surface area contributed by atoms with Crippen LogP contribution in [0.3, 0.4) is 0 Å². The van der Waals surface area contributed by atoms with Crippen LogP contribution in [0.4, 0.5) is 0 Å². The van der Waals surface area contributed by atoms with Gasteiger partial charge in [-0.1, -0.05) is 6.07 Å². The highest BCUT2D eigenvalue weighted by Crippen LogP contribution is 2.30. The van der Waals surface area contributed by atoms with E-state index in [1.165, 1.54) is 0 Å². The molecule has 0 saturated carbocycles. The highest BCUT2D eigenvalue weighted by Gasteiger charge is 2.21. The van der Waals surface area contributed by atoms with Crippen molar-refractivity contribution < 1.29 is 4.74 Å². The van der Waals surface area contributed by atoms with Crippen molar-refractivity contribution in [3.05, 3.63) is 60.0 Å². The molecule has 2 N–H and O–H groups in total. The first kappa shape index (κ1) is 13.8. The lowest BCUT2D eigenvalue weighted by molar-refractivity contribution is 0.415. The monoisotopic (exact) mass is 290 g/mol. The molecule has 0 aliphatic carbocycles. The minimum Gasteiger partial charge on any atom is -0.497 e. The van der Waals surface area contributed by atoms with Gasteiger partial charge >= 0.3 is 0 Å². The van der Waals surface area contributed by atoms with Gasteiger partial charge in [0.05, 0.1) is 18.9 Å². The molecule has 0 amide bonds. The van der Waals surface area contributed by atoms with Gasteiger partial charge in [0.2, 0.25) is 0 Å². The summed E-state index contributed by atoms with van der Waals surface area (Å²) in [5.74, 6) is 0.0583. The van der Waals surface area contributed by atoms with Crippen molar-refractivity contribution in [1.29, 1.82) is 10.7 Å². The third-order valence-corrected chi connectivity index (χ3v) is 3.62. The maximum atomic E-state index is 9.56. The molecule has 5 nitrogen and oxygen atoms in total. The van der Waals surface area contributed by atoms with E-state index in [1.54, 1.807) is 37.8 Å². The minimum absolute atomic E-state index is 0.235. The second-order valence-corrected chi connectivity index (χ2v) is 4.87. The first-order valence-electron chi connectivity index (χ1n) is 6.78. The number of methoxy groups -OCH3 is 1. The molecule has 2 heterocycles. The molecule has 0 fully saturated rings. The molecule has 2 aromatic heterocycles. The number of fused-ring (bicyclic) bond motifs is 1. The van der Waals surface area contributed by atoms with E-state index in [1.807, 2.05) is 18.2 Å². The number of rotatable bonds is 4. The Balaban J connectivity index is 2.08. The number of nitriles is 1. The van der Waals surface area contributed by atoms with Crippen LogP contribution >= 0.6 is 0 Å². The molecule has 0 aliphatic rings. The topological polar surface area (TPSA) is 85.5 Å². The summed E-state index contributed by atoms with van der Waals surface area (Å²) in [6.07, 6.45) is 5.03. The van der Waals surface area contributed by atoms with Crippen molar-refractivity contribution >= 4 is 16.6 Å². The maximum Gasteiger partial charge on any atom is 0.119 e. The molecule has 0 radical (unpaired) electrons. The molecule has 0 aliphatic heterocycles. The Kier molecular flexibility index (Phi) is 3.58. The summed E-state index contributed by atoms with van der Waals surface area (Å²) in [7, 11) is 1.60. The van der Waals surface area contributed by atoms with Crippen molar-refractivity contribution in [1.82, 2.24) is 9.97 Å². The smallest absolute Gasteiger partial charge is 0.119 e. The Morgan fingerprint density at radius 3 is 2.95 bits per heavy atom. The molecular weight excluding hydrogens is 276 g/mol. The molecular formula is C17H14N4O. The quantitative estimate of drug-likeness (QED) is 0.723. The van der Waals surface area contributed by atoms with E-state index in [9.17, 15) is 5.26 Å². The second kappa shape index (κ2) is 5.70. The highest BCUT2D eigenvalue weighted by molar-refractivity contribution is 6.06. The van der Waals surface area contributed by atoms with Gasteiger partial charge in [-0.25, -0.2) is 0 Å². The lowest BCUT2D eigenvalue weighted by atomic mass is 9.91. The van der Waals surface area contributed by atoms with Crippen LogP contribution in [0.2, 0.25) is 0 Å². The summed E-state index contributed by atoms with van der Waals surface area (Å²) < 4.78 is 5.24. The summed E-state index contributed by atoms with van der Waals surface area (Å²) in [6.45, 7) is 0. The van der Waals surface area contributed by atoms with E-state index in [4.69, 9.17) is 10.1 Å². The van der Waals surface area contributed by atoms with Gasteiger partial charge in [0.25, 0.3) is 0 Å². The number of nitrogens with zero attached hydrogens (tertiary/aromatic N) is 2. The molecule has 5 heteroatoms. The van der Waals surface area contributed by atoms with Crippen LogP contribution in [-0.2, 0) is 0 Å². The lowest BCUT2D eigenvalue weighted by Crippen LogP contribution is -2.11. The first-order valence-corrected chi connectivity index (χ1v) is 6.78. The third-order valence-electron chi connectivity index (χ3n) is 3.62. The fourth-order valence-corrected chi connectivity index (χ4v) is 2.47. The van der Waals surface area contributed by atoms with Gasteiger partial charge in [-0.3, -0.25) is 4.98 Å². The van der Waals surface area contributed by atoms with Crippen LogP contribution in [-0.4, -0.2) is 22.8 Å². The fraction of sp³-hybridized carbons (Fsp3) is 0.118. The Labute approximate surface area is 127 Å². The standard InChI is InChI=1S/C17H14N4O/c1-22-12-4-5-16-13(7-12)15(10-21-16)14(8-18)17(19)11-3-2-6-20-9-11/h2-7,9-10,14,19,21H,1H3. The van der Waals surface area contributed by atoms with Crippen LogP contribution in [0.1, 0.15) is 17.0 Å². The van der Waals surface area contributed by atoms with Gasteiger partial charge in [0.15, 0.2) is 0 Å². The summed E-state index contributed by atoms with van der Waals surface area (Å²) in [5.41, 5.74) is 2.56. The molecule has 1 unspecified atom stereocenters. The van der Waals surface area contributed by atoms with Gasteiger partial charge in [0, 0.05) is 40.6 Å². The predicted molar refractivity (Wildman–Crippen MR) is 84.3 cm³/mol. The molecule has 3 aromatic rings. The number of aromatic nitrogens is 2. The van der Waals surface area contributed by atoms with Crippen molar-refractivity contribution in [2.24, 2.45) is 0 Å². The van der Waals surface area contributed by atoms with Crippen LogP contribution in [0, 0.1) is 16.7 Å². The van der Waals surface area contributed by atoms with Gasteiger partial charge in [-0.15, -0.1) is 0 Å². The second-order valence-electron chi connectivity index (χ2n) is 4.87. The zero-order valence-corrected chi connectivity index (χ0v) is 12.0. The SMILES string of the molecule is COc1ccc2[nH]cc(C(C#N)C(=N)c3cccnc3)c2c1. The van der Waals surface area contributed by atoms with Crippen molar-refractivity contribution in [2.75, 3.05) is 7.11 Å². The average molecular weight is 290 g/mol. The van der Waals surface area contributed by atoms with Gasteiger partial charge in [0.1, 0.15) is 11.7 Å². The van der Waals surface area contributed by atoms with Crippen molar-refractivity contribution in [3.8, 4) is 11.8 Å². The Morgan fingerprint density at radius 1 is 1.41 bits per heavy atom. The fourth-order valence-electron chi connectivity index (χ4n) is 2.47. The van der Waals surface area contributed by atoms with E-state index in [0.29, 0.717) is 5.56 Å². The Bertz CT molecular complexity index is 861. The van der Waals surface area contributed by atoms with E-state index in [0.717, 1.165) is 22.2 Å². The van der Waals surface area contributed by atoms with E-state index in [-0.39, 0.29) is 5.71 Å². The van der Waals surface area contributed by atoms with Crippen LogP contribution < -0.4 is 4.74 Å². The Hall–Kier alpha value is -3.13. The molecule has 1 atom stereocenters. The lowest BCUT2D eigenvalue weighted by Gasteiger charge is -2.10. The molecule has 108 valence electrons. The summed E-state index contributed by atoms with van der Waals surface area (Å²) in [4.78, 5) is 7.16. The third kappa shape index (κ3) is 2.31. The summed E-state index contributed by atoms with van der Waals surface area (Å²) in [6, 6.07) is 11.4. The number of nitrogens with one attached hydrogen (secondary N) is 2. The van der Waals surface area contributed by atoms with Gasteiger partial charge in [-0.05, 0) is 24.3 Å². The van der Waals surface area contributed by atoms with Crippen LogP contribution in [0.15, 0.2) is 48.9 Å². The maximum absolute atomic E-state index is 9.56. The molecule has 22 heavy (non-hydrogen) atoms. The van der Waals surface area contributed by atoms with E-state index < -0.39 is 5.92 Å². The highest BCUT2D eigenvalue weighted by atomic mass is 16.5. The largest absolute Gasteiger partial charge is 0.497 e. The number of benzene rings is 1. The molecule has 0 spiro atoms. The number of aromatic amines is 1. The molecule has 3 rings (SSSR count). The zero-order chi connectivity index (χ0) is 15.5. The van der Waals surface area contributed by atoms with E-state index in [2.05, 4.69) is 16.0 Å². The van der Waals surface area contributed by atoms with Crippen LogP contribution in [0.25, 0.3) is 10.9 Å². The number of ether oxygens (including phenoxy) is 1. The Morgan fingerprint density at radius 2 is 2.27 bits per heavy atom. The van der Waals surface area contributed by atoms with Crippen LogP contribution in [0.5, 0.6) is 5.75 Å². The van der Waals surface area contributed by atoms with Crippen molar-refractivity contribution in [2.45, 2.75) is 5.92 Å². The number of hydrogen-bond acceptors (Lipinski definition) is 4. The molecule has 1 aromatic carbocycles. The minimum atomic E-state index is -0.662. The number of H-pyrrole nitrogens is 1. The summed E-state index contributed by atoms with van der Waals surface area (Å²) >= 11 is 0. The average Bonchev–Trinajstić information content (AvgIpc) is 2.99. The number of hydrogen-bond donors (Lipinski definition) is 2. The predicted octanol–water partition coefficient (Wildman–Crippen LogP) is 3.25. The normalized spacial score (nSPS) is 11.8. The number of pyridine rings is 1. The van der Waals surface area contributed by atoms with Gasteiger partial charge < -0.3 is 15.1 Å².